The molecule has 0 saturated heterocycles. The molecule has 0 heterocycles. The molecule has 18 heavy (non-hydrogen) atoms. The Hall–Kier alpha value is -1.35. The standard InChI is InChI=1S/C15H22O3/c1-9(2)13(8-16)15(17)12-6-10(3)11(4)7-14(12)18-5/h6-7,9,13,16H,8H2,1-5H3. The molecule has 0 spiro atoms. The average Bonchev–Trinajstić information content (AvgIpc) is 2.32. The average molecular weight is 250 g/mol. The van der Waals surface area contributed by atoms with Gasteiger partial charge in [-0.2, -0.15) is 0 Å². The third-order valence-electron chi connectivity index (χ3n) is 3.42. The van der Waals surface area contributed by atoms with Crippen LogP contribution in [0.1, 0.15) is 35.3 Å². The van der Waals surface area contributed by atoms with Crippen LogP contribution in [0.15, 0.2) is 12.1 Å². The molecule has 0 aliphatic heterocycles. The first kappa shape index (κ1) is 14.7. The van der Waals surface area contributed by atoms with E-state index >= 15 is 0 Å². The zero-order valence-electron chi connectivity index (χ0n) is 11.8. The normalized spacial score (nSPS) is 12.6. The molecule has 0 aliphatic rings. The minimum Gasteiger partial charge on any atom is -0.496 e. The van der Waals surface area contributed by atoms with Crippen molar-refractivity contribution in [2.24, 2.45) is 11.8 Å². The third-order valence-corrected chi connectivity index (χ3v) is 3.42. The van der Waals surface area contributed by atoms with Crippen LogP contribution in [0.4, 0.5) is 0 Å². The van der Waals surface area contributed by atoms with E-state index in [-0.39, 0.29) is 24.2 Å². The molecule has 0 aromatic heterocycles. The summed E-state index contributed by atoms with van der Waals surface area (Å²) >= 11 is 0. The Labute approximate surface area is 109 Å². The number of carbonyl (C=O) groups is 1. The summed E-state index contributed by atoms with van der Waals surface area (Å²) in [6.07, 6.45) is 0. The predicted molar refractivity (Wildman–Crippen MR) is 72.2 cm³/mol. The number of hydrogen-bond acceptors (Lipinski definition) is 3. The summed E-state index contributed by atoms with van der Waals surface area (Å²) in [7, 11) is 1.56. The smallest absolute Gasteiger partial charge is 0.172 e. The fourth-order valence-corrected chi connectivity index (χ4v) is 1.95. The van der Waals surface area contributed by atoms with Crippen molar-refractivity contribution in [3.63, 3.8) is 0 Å². The second-order valence-electron chi connectivity index (χ2n) is 5.03. The monoisotopic (exact) mass is 250 g/mol. The van der Waals surface area contributed by atoms with E-state index in [1.54, 1.807) is 7.11 Å². The first-order chi connectivity index (χ1) is 8.42. The molecule has 0 bridgehead atoms. The number of ketones is 1. The van der Waals surface area contributed by atoms with Crippen molar-refractivity contribution in [2.75, 3.05) is 13.7 Å². The van der Waals surface area contributed by atoms with E-state index in [1.807, 2.05) is 39.8 Å². The van der Waals surface area contributed by atoms with Crippen LogP contribution >= 0.6 is 0 Å². The highest BCUT2D eigenvalue weighted by Gasteiger charge is 2.25. The molecule has 0 saturated carbocycles. The molecule has 1 N–H and O–H groups in total. The number of hydrogen-bond donors (Lipinski definition) is 1. The van der Waals surface area contributed by atoms with Gasteiger partial charge in [-0.15, -0.1) is 0 Å². The number of aliphatic hydroxyl groups is 1. The maximum absolute atomic E-state index is 12.4. The van der Waals surface area contributed by atoms with Crippen LogP contribution < -0.4 is 4.74 Å². The van der Waals surface area contributed by atoms with E-state index in [0.717, 1.165) is 11.1 Å². The molecular formula is C15H22O3. The van der Waals surface area contributed by atoms with Crippen molar-refractivity contribution in [3.8, 4) is 5.75 Å². The van der Waals surface area contributed by atoms with Gasteiger partial charge in [-0.25, -0.2) is 0 Å². The lowest BCUT2D eigenvalue weighted by atomic mass is 9.87. The quantitative estimate of drug-likeness (QED) is 0.817. The number of aryl methyl sites for hydroxylation is 2. The van der Waals surface area contributed by atoms with Gasteiger partial charge in [-0.3, -0.25) is 4.79 Å². The van der Waals surface area contributed by atoms with Crippen LogP contribution in [-0.4, -0.2) is 24.6 Å². The Bertz CT molecular complexity index is 436. The van der Waals surface area contributed by atoms with Crippen LogP contribution in [0, 0.1) is 25.7 Å². The van der Waals surface area contributed by atoms with Crippen LogP contribution in [0.3, 0.4) is 0 Å². The van der Waals surface area contributed by atoms with Crippen LogP contribution in [0.2, 0.25) is 0 Å². The Balaban J connectivity index is 3.23. The molecule has 0 radical (unpaired) electrons. The van der Waals surface area contributed by atoms with E-state index in [1.165, 1.54) is 0 Å². The summed E-state index contributed by atoms with van der Waals surface area (Å²) in [6.45, 7) is 7.69. The first-order valence-corrected chi connectivity index (χ1v) is 6.22. The molecule has 1 aromatic carbocycles. The summed E-state index contributed by atoms with van der Waals surface area (Å²) in [5, 5.41) is 9.35. The Morgan fingerprint density at radius 3 is 2.28 bits per heavy atom. The number of aliphatic hydroxyl groups excluding tert-OH is 1. The highest BCUT2D eigenvalue weighted by Crippen LogP contribution is 2.27. The second kappa shape index (κ2) is 6.01. The highest BCUT2D eigenvalue weighted by atomic mass is 16.5. The van der Waals surface area contributed by atoms with Gasteiger partial charge in [-0.1, -0.05) is 13.8 Å². The number of carbonyl (C=O) groups excluding carboxylic acids is 1. The van der Waals surface area contributed by atoms with Gasteiger partial charge in [0.15, 0.2) is 5.78 Å². The number of methoxy groups -OCH3 is 1. The molecule has 3 nitrogen and oxygen atoms in total. The van der Waals surface area contributed by atoms with Gasteiger partial charge >= 0.3 is 0 Å². The van der Waals surface area contributed by atoms with Gasteiger partial charge in [0, 0.05) is 5.92 Å². The van der Waals surface area contributed by atoms with Crippen molar-refractivity contribution in [1.82, 2.24) is 0 Å². The third kappa shape index (κ3) is 2.91. The fourth-order valence-electron chi connectivity index (χ4n) is 1.95. The second-order valence-corrected chi connectivity index (χ2v) is 5.03. The molecule has 0 aliphatic carbocycles. The Morgan fingerprint density at radius 1 is 1.28 bits per heavy atom. The predicted octanol–water partition coefficient (Wildman–Crippen LogP) is 2.76. The molecule has 1 atom stereocenters. The highest BCUT2D eigenvalue weighted by molar-refractivity contribution is 6.00. The largest absolute Gasteiger partial charge is 0.496 e. The molecule has 1 unspecified atom stereocenters. The van der Waals surface area contributed by atoms with Crippen LogP contribution in [-0.2, 0) is 0 Å². The van der Waals surface area contributed by atoms with Gasteiger partial charge in [0.2, 0.25) is 0 Å². The van der Waals surface area contributed by atoms with E-state index in [0.29, 0.717) is 11.3 Å². The van der Waals surface area contributed by atoms with Gasteiger partial charge in [0.25, 0.3) is 0 Å². The number of ether oxygens (including phenoxy) is 1. The van der Waals surface area contributed by atoms with Crippen LogP contribution in [0.25, 0.3) is 0 Å². The topological polar surface area (TPSA) is 46.5 Å². The van der Waals surface area contributed by atoms with Crippen molar-refractivity contribution in [1.29, 1.82) is 0 Å². The molecular weight excluding hydrogens is 228 g/mol. The zero-order chi connectivity index (χ0) is 13.9. The SMILES string of the molecule is COc1cc(C)c(C)cc1C(=O)C(CO)C(C)C. The first-order valence-electron chi connectivity index (χ1n) is 6.22. The summed E-state index contributed by atoms with van der Waals surface area (Å²) in [4.78, 5) is 12.4. The van der Waals surface area contributed by atoms with E-state index in [4.69, 9.17) is 4.74 Å². The van der Waals surface area contributed by atoms with E-state index < -0.39 is 0 Å². The van der Waals surface area contributed by atoms with Crippen molar-refractivity contribution in [2.45, 2.75) is 27.7 Å². The fraction of sp³-hybridized carbons (Fsp3) is 0.533. The van der Waals surface area contributed by atoms with Gasteiger partial charge in [0.05, 0.1) is 19.3 Å². The van der Waals surface area contributed by atoms with Crippen molar-refractivity contribution < 1.29 is 14.6 Å². The number of rotatable bonds is 5. The van der Waals surface area contributed by atoms with Gasteiger partial charge in [0.1, 0.15) is 5.75 Å². The molecule has 100 valence electrons. The molecule has 1 rings (SSSR count). The summed E-state index contributed by atoms with van der Waals surface area (Å²) in [6, 6.07) is 3.72. The Kier molecular flexibility index (Phi) is 4.91. The van der Waals surface area contributed by atoms with E-state index in [2.05, 4.69) is 0 Å². The minimum atomic E-state index is -0.374. The summed E-state index contributed by atoms with van der Waals surface area (Å²) < 4.78 is 5.27. The number of Topliss-reactive ketones (excluding diaryl/α,β-unsaturated/α-hetero) is 1. The molecule has 3 heteroatoms. The van der Waals surface area contributed by atoms with Gasteiger partial charge in [-0.05, 0) is 43.0 Å². The number of benzene rings is 1. The summed E-state index contributed by atoms with van der Waals surface area (Å²) in [5.74, 6) is 0.268. The van der Waals surface area contributed by atoms with Gasteiger partial charge < -0.3 is 9.84 Å². The maximum atomic E-state index is 12.4. The molecule has 1 aromatic rings. The minimum absolute atomic E-state index is 0.0487. The van der Waals surface area contributed by atoms with Crippen LogP contribution in [0.5, 0.6) is 5.75 Å². The van der Waals surface area contributed by atoms with Crippen molar-refractivity contribution in [3.05, 3.63) is 28.8 Å². The van der Waals surface area contributed by atoms with Crippen molar-refractivity contribution >= 4 is 5.78 Å². The lowest BCUT2D eigenvalue weighted by Gasteiger charge is -2.19. The Morgan fingerprint density at radius 2 is 1.83 bits per heavy atom. The lowest BCUT2D eigenvalue weighted by molar-refractivity contribution is 0.0803. The maximum Gasteiger partial charge on any atom is 0.172 e. The zero-order valence-corrected chi connectivity index (χ0v) is 11.8. The molecule has 0 amide bonds. The molecule has 0 fully saturated rings. The lowest BCUT2D eigenvalue weighted by Crippen LogP contribution is -2.24. The van der Waals surface area contributed by atoms with E-state index in [9.17, 15) is 9.90 Å². The summed E-state index contributed by atoms with van der Waals surface area (Å²) in [5.41, 5.74) is 2.71.